The molecule has 110 valence electrons. The van der Waals surface area contributed by atoms with E-state index in [9.17, 15) is 4.79 Å². The monoisotopic (exact) mass is 295 g/mol. The molecule has 0 unspecified atom stereocenters. The molecular weight excluding hydrogens is 274 g/mol. The molecule has 5 heteroatoms. The Balaban J connectivity index is 2.04. The van der Waals surface area contributed by atoms with Crippen molar-refractivity contribution in [1.82, 2.24) is 10.6 Å². The number of amides is 1. The van der Waals surface area contributed by atoms with Crippen molar-refractivity contribution < 1.29 is 4.79 Å². The highest BCUT2D eigenvalue weighted by Crippen LogP contribution is 2.27. The van der Waals surface area contributed by atoms with Crippen LogP contribution < -0.4 is 15.5 Å². The van der Waals surface area contributed by atoms with Crippen molar-refractivity contribution in [2.75, 3.05) is 25.0 Å². The Hall–Kier alpha value is -1.26. The summed E-state index contributed by atoms with van der Waals surface area (Å²) in [6.45, 7) is 4.31. The summed E-state index contributed by atoms with van der Waals surface area (Å²) in [5.74, 6) is 0.0609. The van der Waals surface area contributed by atoms with E-state index in [2.05, 4.69) is 21.6 Å². The second kappa shape index (κ2) is 6.95. The number of carbonyl (C=O) groups excluding carboxylic acids is 1. The molecule has 1 amide bonds. The van der Waals surface area contributed by atoms with E-state index in [-0.39, 0.29) is 5.91 Å². The van der Waals surface area contributed by atoms with Crippen molar-refractivity contribution in [1.29, 1.82) is 0 Å². The third-order valence-corrected chi connectivity index (χ3v) is 3.89. The van der Waals surface area contributed by atoms with Gasteiger partial charge in [-0.15, -0.1) is 0 Å². The Labute approximate surface area is 125 Å². The molecule has 1 aliphatic heterocycles. The summed E-state index contributed by atoms with van der Waals surface area (Å²) in [5.41, 5.74) is 2.46. The summed E-state index contributed by atoms with van der Waals surface area (Å²) in [6.07, 6.45) is 1.97. The van der Waals surface area contributed by atoms with E-state index < -0.39 is 0 Å². The lowest BCUT2D eigenvalue weighted by molar-refractivity contribution is -0.119. The fourth-order valence-electron chi connectivity index (χ4n) is 2.75. The predicted octanol–water partition coefficient (Wildman–Crippen LogP) is 2.16. The highest BCUT2D eigenvalue weighted by molar-refractivity contribution is 6.30. The van der Waals surface area contributed by atoms with Crippen molar-refractivity contribution in [3.63, 3.8) is 0 Å². The van der Waals surface area contributed by atoms with E-state index in [0.717, 1.165) is 37.5 Å². The molecule has 4 nitrogen and oxygen atoms in total. The van der Waals surface area contributed by atoms with Crippen molar-refractivity contribution in [3.8, 4) is 0 Å². The summed E-state index contributed by atoms with van der Waals surface area (Å²) in [4.78, 5) is 13.5. The Morgan fingerprint density at radius 2 is 2.10 bits per heavy atom. The van der Waals surface area contributed by atoms with Gasteiger partial charge in [0.2, 0.25) is 5.91 Å². The largest absolute Gasteiger partial charge is 0.371 e. The van der Waals surface area contributed by atoms with Gasteiger partial charge in [-0.05, 0) is 43.7 Å². The van der Waals surface area contributed by atoms with Crippen LogP contribution in [0.25, 0.3) is 0 Å². The molecule has 20 heavy (non-hydrogen) atoms. The van der Waals surface area contributed by atoms with Gasteiger partial charge in [0.15, 0.2) is 0 Å². The number of halogens is 1. The number of rotatable bonds is 4. The number of benzene rings is 1. The summed E-state index contributed by atoms with van der Waals surface area (Å²) in [7, 11) is 1.94. The van der Waals surface area contributed by atoms with E-state index in [4.69, 9.17) is 11.6 Å². The summed E-state index contributed by atoms with van der Waals surface area (Å²) in [5, 5.41) is 6.96. The average Bonchev–Trinajstić information content (AvgIpc) is 2.40. The molecule has 0 bridgehead atoms. The Morgan fingerprint density at radius 1 is 1.40 bits per heavy atom. The zero-order valence-electron chi connectivity index (χ0n) is 12.1. The van der Waals surface area contributed by atoms with E-state index in [1.807, 2.05) is 19.2 Å². The number of hydrogen-bond acceptors (Lipinski definition) is 3. The molecular formula is C15H22ClN3O. The SMILES string of the molecule is CNCc1cc(Cl)ccc1N1CCC(NC(C)=O)CC1. The van der Waals surface area contributed by atoms with Crippen LogP contribution in [0.2, 0.25) is 5.02 Å². The molecule has 1 aromatic carbocycles. The van der Waals surface area contributed by atoms with Crippen molar-refractivity contribution >= 4 is 23.2 Å². The van der Waals surface area contributed by atoms with Crippen LogP contribution in [-0.4, -0.2) is 32.1 Å². The minimum atomic E-state index is 0.0609. The molecule has 1 aromatic rings. The number of piperidine rings is 1. The van der Waals surface area contributed by atoms with Gasteiger partial charge in [0.05, 0.1) is 0 Å². The topological polar surface area (TPSA) is 44.4 Å². The van der Waals surface area contributed by atoms with Gasteiger partial charge in [-0.2, -0.15) is 0 Å². The molecule has 0 aromatic heterocycles. The van der Waals surface area contributed by atoms with Crippen LogP contribution >= 0.6 is 11.6 Å². The first-order valence-corrected chi connectivity index (χ1v) is 7.43. The van der Waals surface area contributed by atoms with Crippen molar-refractivity contribution in [2.45, 2.75) is 32.4 Å². The molecule has 0 radical (unpaired) electrons. The third kappa shape index (κ3) is 3.87. The maximum atomic E-state index is 11.1. The van der Waals surface area contributed by atoms with Gasteiger partial charge >= 0.3 is 0 Å². The van der Waals surface area contributed by atoms with E-state index >= 15 is 0 Å². The highest BCUT2D eigenvalue weighted by atomic mass is 35.5. The van der Waals surface area contributed by atoms with Crippen LogP contribution in [0.1, 0.15) is 25.3 Å². The maximum Gasteiger partial charge on any atom is 0.217 e. The first-order chi connectivity index (χ1) is 9.60. The fourth-order valence-corrected chi connectivity index (χ4v) is 2.94. The third-order valence-electron chi connectivity index (χ3n) is 3.65. The molecule has 0 saturated carbocycles. The van der Waals surface area contributed by atoms with Gasteiger partial charge < -0.3 is 15.5 Å². The smallest absolute Gasteiger partial charge is 0.217 e. The minimum absolute atomic E-state index is 0.0609. The highest BCUT2D eigenvalue weighted by Gasteiger charge is 2.21. The molecule has 2 rings (SSSR count). The van der Waals surface area contributed by atoms with Gasteiger partial charge in [0.25, 0.3) is 0 Å². The average molecular weight is 296 g/mol. The first-order valence-electron chi connectivity index (χ1n) is 7.05. The van der Waals surface area contributed by atoms with E-state index in [0.29, 0.717) is 6.04 Å². The molecule has 1 heterocycles. The van der Waals surface area contributed by atoms with Gasteiger partial charge in [-0.25, -0.2) is 0 Å². The summed E-state index contributed by atoms with van der Waals surface area (Å²) >= 11 is 6.08. The molecule has 0 spiro atoms. The lowest BCUT2D eigenvalue weighted by atomic mass is 10.0. The fraction of sp³-hybridized carbons (Fsp3) is 0.533. The van der Waals surface area contributed by atoms with Gasteiger partial charge in [0, 0.05) is 43.3 Å². The molecule has 0 aliphatic carbocycles. The normalized spacial score (nSPS) is 16.2. The quantitative estimate of drug-likeness (QED) is 0.895. The lowest BCUT2D eigenvalue weighted by Crippen LogP contribution is -2.44. The Kier molecular flexibility index (Phi) is 5.26. The van der Waals surface area contributed by atoms with Crippen LogP contribution in [0.4, 0.5) is 5.69 Å². The second-order valence-electron chi connectivity index (χ2n) is 5.27. The summed E-state index contributed by atoms with van der Waals surface area (Å²) in [6, 6.07) is 6.36. The predicted molar refractivity (Wildman–Crippen MR) is 83.3 cm³/mol. The molecule has 1 saturated heterocycles. The second-order valence-corrected chi connectivity index (χ2v) is 5.70. The number of hydrogen-bond donors (Lipinski definition) is 2. The lowest BCUT2D eigenvalue weighted by Gasteiger charge is -2.35. The van der Waals surface area contributed by atoms with Crippen LogP contribution in [-0.2, 0) is 11.3 Å². The summed E-state index contributed by atoms with van der Waals surface area (Å²) < 4.78 is 0. The Morgan fingerprint density at radius 3 is 2.70 bits per heavy atom. The number of carbonyl (C=O) groups is 1. The van der Waals surface area contributed by atoms with Crippen LogP contribution in [0.15, 0.2) is 18.2 Å². The van der Waals surface area contributed by atoms with Crippen molar-refractivity contribution in [2.24, 2.45) is 0 Å². The van der Waals surface area contributed by atoms with Crippen molar-refractivity contribution in [3.05, 3.63) is 28.8 Å². The number of nitrogens with zero attached hydrogens (tertiary/aromatic N) is 1. The molecule has 0 atom stereocenters. The van der Waals surface area contributed by atoms with Crippen LogP contribution in [0.3, 0.4) is 0 Å². The zero-order chi connectivity index (χ0) is 14.5. The molecule has 2 N–H and O–H groups in total. The minimum Gasteiger partial charge on any atom is -0.371 e. The van der Waals surface area contributed by atoms with E-state index in [1.54, 1.807) is 6.92 Å². The maximum absolute atomic E-state index is 11.1. The van der Waals surface area contributed by atoms with Gasteiger partial charge in [0.1, 0.15) is 0 Å². The van der Waals surface area contributed by atoms with Crippen LogP contribution in [0, 0.1) is 0 Å². The van der Waals surface area contributed by atoms with Gasteiger partial charge in [-0.3, -0.25) is 4.79 Å². The molecule has 1 aliphatic rings. The first kappa shape index (κ1) is 15.1. The zero-order valence-corrected chi connectivity index (χ0v) is 12.8. The van der Waals surface area contributed by atoms with Gasteiger partial charge in [-0.1, -0.05) is 11.6 Å². The molecule has 1 fully saturated rings. The van der Waals surface area contributed by atoms with E-state index in [1.165, 1.54) is 11.3 Å². The number of nitrogens with one attached hydrogen (secondary N) is 2. The standard InChI is InChI=1S/C15H22ClN3O/c1-11(20)18-14-5-7-19(8-6-14)15-4-3-13(16)9-12(15)10-17-2/h3-4,9,14,17H,5-8,10H2,1-2H3,(H,18,20). The number of anilines is 1. The Bertz CT molecular complexity index is 470. The van der Waals surface area contributed by atoms with Crippen LogP contribution in [0.5, 0.6) is 0 Å².